The number of benzene rings is 1. The van der Waals surface area contributed by atoms with Gasteiger partial charge >= 0.3 is 12.1 Å². The average molecular weight is 430 g/mol. The molecule has 11 heteroatoms. The maximum atomic E-state index is 13.1. The standard InChI is InChI=1S/C17H13F3N2O4S2/c1-10-8-14(27-15(10)16(23)24)28(25,26)21-12-9-11(17(18,19)20)4-5-13(12)22-6-2-3-7-22/h2-9,21H,1H3,(H,23,24). The van der Waals surface area contributed by atoms with E-state index in [2.05, 4.69) is 4.72 Å². The van der Waals surface area contributed by atoms with Crippen LogP contribution in [0.5, 0.6) is 0 Å². The Morgan fingerprint density at radius 2 is 1.82 bits per heavy atom. The summed E-state index contributed by atoms with van der Waals surface area (Å²) in [5, 5.41) is 9.10. The zero-order valence-corrected chi connectivity index (χ0v) is 15.8. The highest BCUT2D eigenvalue weighted by molar-refractivity contribution is 7.94. The number of rotatable bonds is 5. The monoisotopic (exact) mass is 430 g/mol. The lowest BCUT2D eigenvalue weighted by molar-refractivity contribution is -0.137. The van der Waals surface area contributed by atoms with Crippen LogP contribution >= 0.6 is 11.3 Å². The number of carboxylic acids is 1. The number of sulfonamides is 1. The number of carbonyl (C=O) groups is 1. The molecule has 148 valence electrons. The molecule has 28 heavy (non-hydrogen) atoms. The normalized spacial score (nSPS) is 12.1. The van der Waals surface area contributed by atoms with Crippen molar-refractivity contribution in [2.75, 3.05) is 4.72 Å². The number of nitrogens with one attached hydrogen (secondary N) is 1. The van der Waals surface area contributed by atoms with E-state index in [1.165, 1.54) is 17.6 Å². The smallest absolute Gasteiger partial charge is 0.416 e. The molecule has 0 fully saturated rings. The molecule has 0 amide bonds. The Morgan fingerprint density at radius 3 is 2.36 bits per heavy atom. The molecule has 2 heterocycles. The molecule has 0 saturated carbocycles. The highest BCUT2D eigenvalue weighted by Gasteiger charge is 2.32. The van der Waals surface area contributed by atoms with Crippen molar-refractivity contribution in [2.24, 2.45) is 0 Å². The van der Waals surface area contributed by atoms with E-state index in [1.807, 2.05) is 0 Å². The van der Waals surface area contributed by atoms with Crippen molar-refractivity contribution >= 4 is 33.0 Å². The third kappa shape index (κ3) is 3.90. The number of halogens is 3. The number of aromatic carboxylic acids is 1. The zero-order chi connectivity index (χ0) is 20.7. The number of carboxylic acid groups (broad SMARTS) is 1. The van der Waals surface area contributed by atoms with Crippen molar-refractivity contribution in [3.05, 3.63) is 64.8 Å². The van der Waals surface area contributed by atoms with Gasteiger partial charge in [-0.15, -0.1) is 11.3 Å². The number of alkyl halides is 3. The van der Waals surface area contributed by atoms with E-state index in [0.717, 1.165) is 12.1 Å². The van der Waals surface area contributed by atoms with Crippen LogP contribution in [0.25, 0.3) is 5.69 Å². The van der Waals surface area contributed by atoms with Gasteiger partial charge in [-0.1, -0.05) is 0 Å². The number of anilines is 1. The van der Waals surface area contributed by atoms with Gasteiger partial charge in [0, 0.05) is 12.4 Å². The van der Waals surface area contributed by atoms with Gasteiger partial charge in [0.2, 0.25) is 0 Å². The quantitative estimate of drug-likeness (QED) is 0.629. The molecule has 0 saturated heterocycles. The maximum absolute atomic E-state index is 13.1. The van der Waals surface area contributed by atoms with Crippen LogP contribution in [0.3, 0.4) is 0 Å². The number of hydrogen-bond acceptors (Lipinski definition) is 4. The van der Waals surface area contributed by atoms with Gasteiger partial charge in [-0.2, -0.15) is 13.2 Å². The minimum atomic E-state index is -4.66. The molecule has 0 aliphatic rings. The molecule has 0 spiro atoms. The molecule has 0 aliphatic heterocycles. The van der Waals surface area contributed by atoms with Gasteiger partial charge in [0.1, 0.15) is 9.09 Å². The van der Waals surface area contributed by atoms with Gasteiger partial charge in [-0.05, 0) is 48.9 Å². The minimum Gasteiger partial charge on any atom is -0.477 e. The molecular formula is C17H13F3N2O4S2. The molecule has 0 aliphatic carbocycles. The number of thiophene rings is 1. The molecule has 2 aromatic heterocycles. The largest absolute Gasteiger partial charge is 0.477 e. The van der Waals surface area contributed by atoms with Gasteiger partial charge < -0.3 is 9.67 Å². The minimum absolute atomic E-state index is 0.157. The molecule has 3 aromatic rings. The Balaban J connectivity index is 2.09. The Labute approximate surface area is 161 Å². The molecular weight excluding hydrogens is 417 g/mol. The van der Waals surface area contributed by atoms with Crippen LogP contribution in [0.4, 0.5) is 18.9 Å². The first-order valence-electron chi connectivity index (χ1n) is 7.70. The summed E-state index contributed by atoms with van der Waals surface area (Å²) in [4.78, 5) is 11.0. The summed E-state index contributed by atoms with van der Waals surface area (Å²) in [5.74, 6) is -1.28. The van der Waals surface area contributed by atoms with E-state index < -0.39 is 27.7 Å². The van der Waals surface area contributed by atoms with E-state index in [4.69, 9.17) is 5.11 Å². The maximum Gasteiger partial charge on any atom is 0.416 e. The van der Waals surface area contributed by atoms with Gasteiger partial charge in [0.25, 0.3) is 10.0 Å². The van der Waals surface area contributed by atoms with Gasteiger partial charge in [-0.3, -0.25) is 4.72 Å². The van der Waals surface area contributed by atoms with E-state index in [0.29, 0.717) is 17.4 Å². The van der Waals surface area contributed by atoms with Crippen LogP contribution in [0.1, 0.15) is 20.8 Å². The predicted octanol–water partition coefficient (Wildman–Crippen LogP) is 4.37. The van der Waals surface area contributed by atoms with Crippen LogP contribution in [0, 0.1) is 6.92 Å². The Morgan fingerprint density at radius 1 is 1.18 bits per heavy atom. The average Bonchev–Trinajstić information content (AvgIpc) is 3.23. The summed E-state index contributed by atoms with van der Waals surface area (Å²) >= 11 is 0.528. The topological polar surface area (TPSA) is 88.4 Å². The molecule has 1 aromatic carbocycles. The SMILES string of the molecule is Cc1cc(S(=O)(=O)Nc2cc(C(F)(F)F)ccc2-n2cccc2)sc1C(=O)O. The molecule has 0 atom stereocenters. The Kier molecular flexibility index (Phi) is 4.98. The van der Waals surface area contributed by atoms with Crippen LogP contribution < -0.4 is 4.72 Å². The lowest BCUT2D eigenvalue weighted by Gasteiger charge is -2.15. The Hall–Kier alpha value is -2.79. The van der Waals surface area contributed by atoms with Crippen molar-refractivity contribution in [1.29, 1.82) is 0 Å². The summed E-state index contributed by atoms with van der Waals surface area (Å²) in [7, 11) is -4.30. The summed E-state index contributed by atoms with van der Waals surface area (Å²) < 4.78 is 68.0. The second-order valence-corrected chi connectivity index (χ2v) is 8.77. The highest BCUT2D eigenvalue weighted by atomic mass is 32.2. The number of aromatic nitrogens is 1. The van der Waals surface area contributed by atoms with Crippen molar-refractivity contribution < 1.29 is 31.5 Å². The summed E-state index contributed by atoms with van der Waals surface area (Å²) in [6.07, 6.45) is -1.55. The third-order valence-corrected chi connectivity index (χ3v) is 6.87. The first-order chi connectivity index (χ1) is 13.0. The fourth-order valence-corrected chi connectivity index (χ4v) is 4.95. The summed E-state index contributed by atoms with van der Waals surface area (Å²) in [6, 6.07) is 7.15. The van der Waals surface area contributed by atoms with Crippen LogP contribution in [0.2, 0.25) is 0 Å². The van der Waals surface area contributed by atoms with Crippen LogP contribution in [-0.2, 0) is 16.2 Å². The fraction of sp³-hybridized carbons (Fsp3) is 0.118. The third-order valence-electron chi connectivity index (χ3n) is 3.81. The van der Waals surface area contributed by atoms with Crippen molar-refractivity contribution in [1.82, 2.24) is 4.57 Å². The molecule has 2 N–H and O–H groups in total. The molecule has 0 bridgehead atoms. The van der Waals surface area contributed by atoms with Crippen molar-refractivity contribution in [3.8, 4) is 5.69 Å². The molecule has 3 rings (SSSR count). The first kappa shape index (κ1) is 20.0. The number of hydrogen-bond donors (Lipinski definition) is 2. The lowest BCUT2D eigenvalue weighted by Crippen LogP contribution is -2.15. The summed E-state index contributed by atoms with van der Waals surface area (Å²) in [5.41, 5.74) is -0.871. The van der Waals surface area contributed by atoms with E-state index in [9.17, 15) is 26.4 Å². The number of nitrogens with zero attached hydrogens (tertiary/aromatic N) is 1. The lowest BCUT2D eigenvalue weighted by atomic mass is 10.1. The summed E-state index contributed by atoms with van der Waals surface area (Å²) in [6.45, 7) is 1.44. The van der Waals surface area contributed by atoms with E-state index >= 15 is 0 Å². The zero-order valence-electron chi connectivity index (χ0n) is 14.2. The van der Waals surface area contributed by atoms with Gasteiger partial charge in [0.15, 0.2) is 0 Å². The molecule has 6 nitrogen and oxygen atoms in total. The van der Waals surface area contributed by atoms with E-state index in [1.54, 1.807) is 24.5 Å². The number of aryl methyl sites for hydroxylation is 1. The Bertz CT molecular complexity index is 1130. The van der Waals surface area contributed by atoms with Crippen molar-refractivity contribution in [2.45, 2.75) is 17.3 Å². The molecule has 0 unspecified atom stereocenters. The first-order valence-corrected chi connectivity index (χ1v) is 10.00. The second kappa shape index (κ2) is 6.99. The van der Waals surface area contributed by atoms with Crippen molar-refractivity contribution in [3.63, 3.8) is 0 Å². The van der Waals surface area contributed by atoms with Crippen LogP contribution in [0.15, 0.2) is 53.0 Å². The molecule has 0 radical (unpaired) electrons. The van der Waals surface area contributed by atoms with Gasteiger partial charge in [-0.25, -0.2) is 13.2 Å². The van der Waals surface area contributed by atoms with E-state index in [-0.39, 0.29) is 26.0 Å². The van der Waals surface area contributed by atoms with Crippen LogP contribution in [-0.4, -0.2) is 24.1 Å². The predicted molar refractivity (Wildman–Crippen MR) is 97.6 cm³/mol. The fourth-order valence-electron chi connectivity index (χ4n) is 2.51. The van der Waals surface area contributed by atoms with Gasteiger partial charge in [0.05, 0.1) is 16.9 Å². The second-order valence-electron chi connectivity index (χ2n) is 5.81. The highest BCUT2D eigenvalue weighted by Crippen LogP contribution is 2.35.